The molecular formula is C17H28N4O3. The van der Waals surface area contributed by atoms with Gasteiger partial charge in [0.15, 0.2) is 0 Å². The first-order chi connectivity index (χ1) is 11.4. The van der Waals surface area contributed by atoms with E-state index in [2.05, 4.69) is 10.6 Å². The third-order valence-electron chi connectivity index (χ3n) is 3.67. The molecule has 24 heavy (non-hydrogen) atoms. The van der Waals surface area contributed by atoms with Crippen LogP contribution in [-0.2, 0) is 14.3 Å². The zero-order valence-electron chi connectivity index (χ0n) is 15.1. The first-order valence-corrected chi connectivity index (χ1v) is 7.85. The van der Waals surface area contributed by atoms with E-state index in [4.69, 9.17) is 4.74 Å². The number of likely N-dealkylation sites (N-methyl/N-ethyl adjacent to an activating group) is 1. The second kappa shape index (κ2) is 9.89. The summed E-state index contributed by atoms with van der Waals surface area (Å²) in [6.45, 7) is 1.04. The monoisotopic (exact) mass is 336 g/mol. The zero-order chi connectivity index (χ0) is 18.1. The molecule has 0 bridgehead atoms. The van der Waals surface area contributed by atoms with Crippen molar-refractivity contribution in [2.24, 2.45) is 0 Å². The van der Waals surface area contributed by atoms with Gasteiger partial charge in [-0.05, 0) is 31.8 Å². The first kappa shape index (κ1) is 19.9. The summed E-state index contributed by atoms with van der Waals surface area (Å²) in [4.78, 5) is 27.5. The van der Waals surface area contributed by atoms with Crippen LogP contribution in [0.2, 0.25) is 0 Å². The highest BCUT2D eigenvalue weighted by molar-refractivity contribution is 6.35. The van der Waals surface area contributed by atoms with Crippen molar-refractivity contribution >= 4 is 17.5 Å². The molecule has 1 atom stereocenters. The normalized spacial score (nSPS) is 11.9. The molecule has 0 unspecified atom stereocenters. The number of amides is 2. The summed E-state index contributed by atoms with van der Waals surface area (Å²) < 4.78 is 4.83. The van der Waals surface area contributed by atoms with Crippen LogP contribution in [0.5, 0.6) is 0 Å². The Morgan fingerprint density at radius 2 is 1.62 bits per heavy atom. The quantitative estimate of drug-likeness (QED) is 0.525. The van der Waals surface area contributed by atoms with Crippen LogP contribution in [0.25, 0.3) is 0 Å². The molecule has 0 heterocycles. The van der Waals surface area contributed by atoms with Crippen LogP contribution in [0.3, 0.4) is 0 Å². The van der Waals surface area contributed by atoms with E-state index in [-0.39, 0.29) is 6.04 Å². The maximum absolute atomic E-state index is 11.8. The van der Waals surface area contributed by atoms with E-state index in [1.807, 2.05) is 62.3 Å². The number of benzene rings is 1. The summed E-state index contributed by atoms with van der Waals surface area (Å²) in [5, 5.41) is 5.18. The number of carbonyl (C=O) groups is 2. The number of ether oxygens (including phenoxy) is 1. The molecular weight excluding hydrogens is 308 g/mol. The summed E-state index contributed by atoms with van der Waals surface area (Å²) >= 11 is 0. The van der Waals surface area contributed by atoms with Crippen molar-refractivity contribution in [3.05, 3.63) is 29.8 Å². The van der Waals surface area contributed by atoms with E-state index in [9.17, 15) is 9.59 Å². The van der Waals surface area contributed by atoms with E-state index in [0.29, 0.717) is 19.7 Å². The predicted octanol–water partition coefficient (Wildman–Crippen LogP) is 0.234. The van der Waals surface area contributed by atoms with Gasteiger partial charge in [-0.2, -0.15) is 0 Å². The van der Waals surface area contributed by atoms with E-state index < -0.39 is 11.8 Å². The highest BCUT2D eigenvalue weighted by atomic mass is 16.5. The van der Waals surface area contributed by atoms with Gasteiger partial charge < -0.3 is 25.2 Å². The van der Waals surface area contributed by atoms with Crippen molar-refractivity contribution < 1.29 is 14.3 Å². The number of nitrogens with one attached hydrogen (secondary N) is 2. The Bertz CT molecular complexity index is 529. The largest absolute Gasteiger partial charge is 0.383 e. The molecule has 2 N–H and O–H groups in total. The van der Waals surface area contributed by atoms with Crippen LogP contribution in [-0.4, -0.2) is 71.7 Å². The molecule has 0 saturated carbocycles. The van der Waals surface area contributed by atoms with Crippen LogP contribution >= 0.6 is 0 Å². The molecule has 1 aromatic carbocycles. The average Bonchev–Trinajstić information content (AvgIpc) is 2.55. The summed E-state index contributed by atoms with van der Waals surface area (Å²) in [5.41, 5.74) is 2.18. The first-order valence-electron chi connectivity index (χ1n) is 7.85. The minimum absolute atomic E-state index is 0.0167. The number of hydrogen-bond acceptors (Lipinski definition) is 5. The Kier molecular flexibility index (Phi) is 8.21. The van der Waals surface area contributed by atoms with Crippen molar-refractivity contribution in [3.8, 4) is 0 Å². The Hall–Kier alpha value is -2.12. The van der Waals surface area contributed by atoms with E-state index in [1.165, 1.54) is 7.11 Å². The Balaban J connectivity index is 2.63. The number of rotatable bonds is 8. The van der Waals surface area contributed by atoms with Crippen LogP contribution in [0.4, 0.5) is 5.69 Å². The van der Waals surface area contributed by atoms with Crippen molar-refractivity contribution in [3.63, 3.8) is 0 Å². The lowest BCUT2D eigenvalue weighted by Crippen LogP contribution is -2.43. The fraction of sp³-hybridized carbons (Fsp3) is 0.529. The maximum Gasteiger partial charge on any atom is 0.309 e. The molecule has 2 amide bonds. The van der Waals surface area contributed by atoms with Crippen molar-refractivity contribution in [2.75, 3.05) is 59.9 Å². The second-order valence-corrected chi connectivity index (χ2v) is 5.92. The fourth-order valence-corrected chi connectivity index (χ4v) is 2.21. The van der Waals surface area contributed by atoms with Gasteiger partial charge in [-0.1, -0.05) is 12.1 Å². The average molecular weight is 336 g/mol. The summed E-state index contributed by atoms with van der Waals surface area (Å²) in [5.74, 6) is -1.28. The van der Waals surface area contributed by atoms with E-state index in [0.717, 1.165) is 11.3 Å². The molecule has 7 heteroatoms. The summed E-state index contributed by atoms with van der Waals surface area (Å²) in [6, 6.07) is 8.11. The topological polar surface area (TPSA) is 73.9 Å². The minimum Gasteiger partial charge on any atom is -0.383 e. The molecule has 0 saturated heterocycles. The molecule has 1 aromatic rings. The van der Waals surface area contributed by atoms with Gasteiger partial charge in [0.25, 0.3) is 0 Å². The predicted molar refractivity (Wildman–Crippen MR) is 95.1 cm³/mol. The van der Waals surface area contributed by atoms with Gasteiger partial charge in [0, 0.05) is 40.0 Å². The molecule has 0 spiro atoms. The van der Waals surface area contributed by atoms with Crippen molar-refractivity contribution in [1.29, 1.82) is 0 Å². The molecule has 0 aliphatic heterocycles. The SMILES string of the molecule is COCCNC(=O)C(=O)NC[C@@H](c1ccc(N(C)C)cc1)N(C)C. The minimum atomic E-state index is -0.646. The maximum atomic E-state index is 11.8. The van der Waals surface area contributed by atoms with Crippen LogP contribution in [0.15, 0.2) is 24.3 Å². The second-order valence-electron chi connectivity index (χ2n) is 5.92. The Morgan fingerprint density at radius 3 is 2.12 bits per heavy atom. The Morgan fingerprint density at radius 1 is 1.04 bits per heavy atom. The zero-order valence-corrected chi connectivity index (χ0v) is 15.1. The van der Waals surface area contributed by atoms with Crippen molar-refractivity contribution in [2.45, 2.75) is 6.04 Å². The number of methoxy groups -OCH3 is 1. The third-order valence-corrected chi connectivity index (χ3v) is 3.67. The molecule has 0 aromatic heterocycles. The number of carbonyl (C=O) groups excluding carboxylic acids is 2. The van der Waals surface area contributed by atoms with Crippen LogP contribution < -0.4 is 15.5 Å². The van der Waals surface area contributed by atoms with Gasteiger partial charge in [0.2, 0.25) is 0 Å². The molecule has 7 nitrogen and oxygen atoms in total. The standard InChI is InChI=1S/C17H28N4O3/c1-20(2)14-8-6-13(7-9-14)15(21(3)4)12-19-17(23)16(22)18-10-11-24-5/h6-9,15H,10-12H2,1-5H3,(H,18,22)(H,19,23)/t15-/m0/s1. The van der Waals surface area contributed by atoms with Crippen LogP contribution in [0.1, 0.15) is 11.6 Å². The molecule has 134 valence electrons. The molecule has 0 aliphatic carbocycles. The Labute approximate surface area is 144 Å². The van der Waals surface area contributed by atoms with Crippen molar-refractivity contribution in [1.82, 2.24) is 15.5 Å². The van der Waals surface area contributed by atoms with Gasteiger partial charge in [0.05, 0.1) is 12.6 Å². The number of anilines is 1. The summed E-state index contributed by atoms with van der Waals surface area (Å²) in [6.07, 6.45) is 0. The lowest BCUT2D eigenvalue weighted by molar-refractivity contribution is -0.139. The summed E-state index contributed by atoms with van der Waals surface area (Å²) in [7, 11) is 9.39. The molecule has 1 rings (SSSR count). The fourth-order valence-electron chi connectivity index (χ4n) is 2.21. The lowest BCUT2D eigenvalue weighted by atomic mass is 10.1. The highest BCUT2D eigenvalue weighted by Gasteiger charge is 2.18. The van der Waals surface area contributed by atoms with Gasteiger partial charge in [-0.15, -0.1) is 0 Å². The van der Waals surface area contributed by atoms with Gasteiger partial charge in [-0.3, -0.25) is 9.59 Å². The smallest absolute Gasteiger partial charge is 0.309 e. The van der Waals surface area contributed by atoms with Gasteiger partial charge in [-0.25, -0.2) is 0 Å². The molecule has 0 radical (unpaired) electrons. The van der Waals surface area contributed by atoms with Crippen LogP contribution in [0, 0.1) is 0 Å². The third kappa shape index (κ3) is 6.17. The van der Waals surface area contributed by atoms with Gasteiger partial charge >= 0.3 is 11.8 Å². The lowest BCUT2D eigenvalue weighted by Gasteiger charge is -2.25. The van der Waals surface area contributed by atoms with E-state index >= 15 is 0 Å². The number of nitrogens with zero attached hydrogens (tertiary/aromatic N) is 2. The molecule has 0 fully saturated rings. The molecule has 0 aliphatic rings. The number of hydrogen-bond donors (Lipinski definition) is 2. The highest BCUT2D eigenvalue weighted by Crippen LogP contribution is 2.20. The van der Waals surface area contributed by atoms with E-state index in [1.54, 1.807) is 0 Å². The van der Waals surface area contributed by atoms with Gasteiger partial charge in [0.1, 0.15) is 0 Å².